The number of hydrogen-bond donors (Lipinski definition) is 0. The Labute approximate surface area is 116 Å². The Morgan fingerprint density at radius 2 is 2.15 bits per heavy atom. The van der Waals surface area contributed by atoms with Crippen molar-refractivity contribution in [2.24, 2.45) is 5.92 Å². The van der Waals surface area contributed by atoms with E-state index >= 15 is 0 Å². The fraction of sp³-hybridized carbons (Fsp3) is 0.533. The lowest BCUT2D eigenvalue weighted by atomic mass is 9.97. The first-order valence-corrected chi connectivity index (χ1v) is 6.75. The number of halogens is 3. The number of likely N-dealkylation sites (tertiary alicyclic amines) is 1. The van der Waals surface area contributed by atoms with Gasteiger partial charge in [-0.25, -0.2) is 0 Å². The molecule has 0 amide bonds. The van der Waals surface area contributed by atoms with E-state index in [4.69, 9.17) is 0 Å². The standard InChI is InChI=1S/C15H18F3NO/c1-11-4-2-5-12(8-11)14(20)10-19-7-3-6-13(9-19)15(16,17)18/h2,4-5,8,13H,3,6-7,9-10H2,1H3. The minimum Gasteiger partial charge on any atom is -0.295 e. The lowest BCUT2D eigenvalue weighted by molar-refractivity contribution is -0.186. The second kappa shape index (κ2) is 5.95. The van der Waals surface area contributed by atoms with Crippen LogP contribution in [0, 0.1) is 12.8 Å². The van der Waals surface area contributed by atoms with E-state index in [1.165, 1.54) is 0 Å². The zero-order valence-electron chi connectivity index (χ0n) is 11.4. The van der Waals surface area contributed by atoms with Crippen LogP contribution < -0.4 is 0 Å². The Morgan fingerprint density at radius 1 is 1.40 bits per heavy atom. The van der Waals surface area contributed by atoms with Crippen molar-refractivity contribution in [2.45, 2.75) is 25.9 Å². The smallest absolute Gasteiger partial charge is 0.295 e. The van der Waals surface area contributed by atoms with Crippen LogP contribution in [0.1, 0.15) is 28.8 Å². The molecule has 0 saturated carbocycles. The van der Waals surface area contributed by atoms with E-state index in [9.17, 15) is 18.0 Å². The number of carbonyl (C=O) groups is 1. The van der Waals surface area contributed by atoms with E-state index in [1.807, 2.05) is 13.0 Å². The quantitative estimate of drug-likeness (QED) is 0.793. The number of aryl methyl sites for hydroxylation is 1. The summed E-state index contributed by atoms with van der Waals surface area (Å²) in [4.78, 5) is 13.7. The Hall–Kier alpha value is -1.36. The second-order valence-corrected chi connectivity index (χ2v) is 5.41. The molecule has 5 heteroatoms. The number of benzene rings is 1. The molecule has 0 bridgehead atoms. The molecule has 2 rings (SSSR count). The number of ketones is 1. The highest BCUT2D eigenvalue weighted by Crippen LogP contribution is 2.33. The molecule has 1 aliphatic rings. The van der Waals surface area contributed by atoms with Gasteiger partial charge in [-0.3, -0.25) is 9.69 Å². The van der Waals surface area contributed by atoms with Gasteiger partial charge in [-0.2, -0.15) is 13.2 Å². The van der Waals surface area contributed by atoms with E-state index in [0.717, 1.165) is 5.56 Å². The highest BCUT2D eigenvalue weighted by atomic mass is 19.4. The molecule has 1 heterocycles. The number of nitrogens with zero attached hydrogens (tertiary/aromatic N) is 1. The van der Waals surface area contributed by atoms with Crippen molar-refractivity contribution in [3.05, 3.63) is 35.4 Å². The first-order chi connectivity index (χ1) is 9.36. The van der Waals surface area contributed by atoms with Crippen LogP contribution in [0.3, 0.4) is 0 Å². The molecule has 1 aromatic carbocycles. The summed E-state index contributed by atoms with van der Waals surface area (Å²) >= 11 is 0. The minimum atomic E-state index is -4.16. The van der Waals surface area contributed by atoms with Gasteiger partial charge >= 0.3 is 6.18 Å². The number of piperidine rings is 1. The molecule has 1 atom stereocenters. The van der Waals surface area contributed by atoms with Gasteiger partial charge in [0.2, 0.25) is 0 Å². The van der Waals surface area contributed by atoms with Crippen molar-refractivity contribution < 1.29 is 18.0 Å². The molecular formula is C15H18F3NO. The highest BCUT2D eigenvalue weighted by molar-refractivity contribution is 5.97. The first-order valence-electron chi connectivity index (χ1n) is 6.75. The monoisotopic (exact) mass is 285 g/mol. The van der Waals surface area contributed by atoms with E-state index in [0.29, 0.717) is 18.5 Å². The van der Waals surface area contributed by atoms with E-state index in [2.05, 4.69) is 0 Å². The van der Waals surface area contributed by atoms with Gasteiger partial charge < -0.3 is 0 Å². The maximum atomic E-state index is 12.7. The zero-order chi connectivity index (χ0) is 14.8. The topological polar surface area (TPSA) is 20.3 Å². The van der Waals surface area contributed by atoms with Crippen LogP contribution in [-0.4, -0.2) is 36.5 Å². The van der Waals surface area contributed by atoms with Gasteiger partial charge in [-0.05, 0) is 32.4 Å². The highest BCUT2D eigenvalue weighted by Gasteiger charge is 2.41. The van der Waals surface area contributed by atoms with Crippen molar-refractivity contribution in [1.29, 1.82) is 0 Å². The summed E-state index contributed by atoms with van der Waals surface area (Å²) in [6, 6.07) is 7.16. The van der Waals surface area contributed by atoms with Crippen LogP contribution in [0.4, 0.5) is 13.2 Å². The molecule has 1 saturated heterocycles. The van der Waals surface area contributed by atoms with E-state index in [1.54, 1.807) is 23.1 Å². The van der Waals surface area contributed by atoms with Crippen molar-refractivity contribution in [2.75, 3.05) is 19.6 Å². The molecule has 1 aliphatic heterocycles. The van der Waals surface area contributed by atoms with Gasteiger partial charge in [0, 0.05) is 12.1 Å². The molecule has 0 aromatic heterocycles. The Bertz CT molecular complexity index is 484. The van der Waals surface area contributed by atoms with Crippen molar-refractivity contribution in [1.82, 2.24) is 4.90 Å². The fourth-order valence-corrected chi connectivity index (χ4v) is 2.58. The Morgan fingerprint density at radius 3 is 2.80 bits per heavy atom. The van der Waals surface area contributed by atoms with E-state index < -0.39 is 12.1 Å². The van der Waals surface area contributed by atoms with Gasteiger partial charge in [-0.1, -0.05) is 23.8 Å². The lowest BCUT2D eigenvalue weighted by Crippen LogP contribution is -2.43. The summed E-state index contributed by atoms with van der Waals surface area (Å²) in [6.45, 7) is 2.44. The molecule has 1 aromatic rings. The predicted octanol–water partition coefficient (Wildman–Crippen LogP) is 3.45. The second-order valence-electron chi connectivity index (χ2n) is 5.41. The van der Waals surface area contributed by atoms with Crippen molar-refractivity contribution in [3.8, 4) is 0 Å². The fourth-order valence-electron chi connectivity index (χ4n) is 2.58. The van der Waals surface area contributed by atoms with Crippen LogP contribution in [-0.2, 0) is 0 Å². The van der Waals surface area contributed by atoms with Crippen LogP contribution in [0.5, 0.6) is 0 Å². The molecular weight excluding hydrogens is 267 g/mol. The molecule has 20 heavy (non-hydrogen) atoms. The third-order valence-electron chi connectivity index (χ3n) is 3.68. The summed E-state index contributed by atoms with van der Waals surface area (Å²) in [5.74, 6) is -1.42. The lowest BCUT2D eigenvalue weighted by Gasteiger charge is -2.33. The molecule has 0 spiro atoms. The molecule has 1 unspecified atom stereocenters. The predicted molar refractivity (Wildman–Crippen MR) is 70.7 cm³/mol. The SMILES string of the molecule is Cc1cccc(C(=O)CN2CCCC(C(F)(F)F)C2)c1. The summed E-state index contributed by atoms with van der Waals surface area (Å²) < 4.78 is 38.1. The van der Waals surface area contributed by atoms with Gasteiger partial charge in [-0.15, -0.1) is 0 Å². The normalized spacial score (nSPS) is 20.9. The van der Waals surface area contributed by atoms with Gasteiger partial charge in [0.15, 0.2) is 5.78 Å². The first kappa shape index (κ1) is 15.0. The van der Waals surface area contributed by atoms with Crippen LogP contribution in [0.25, 0.3) is 0 Å². The van der Waals surface area contributed by atoms with Crippen molar-refractivity contribution >= 4 is 5.78 Å². The Balaban J connectivity index is 1.98. The number of hydrogen-bond acceptors (Lipinski definition) is 2. The van der Waals surface area contributed by atoms with Crippen LogP contribution >= 0.6 is 0 Å². The molecule has 0 N–H and O–H groups in total. The van der Waals surface area contributed by atoms with Gasteiger partial charge in [0.25, 0.3) is 0 Å². The van der Waals surface area contributed by atoms with Gasteiger partial charge in [0.05, 0.1) is 12.5 Å². The number of rotatable bonds is 3. The largest absolute Gasteiger partial charge is 0.393 e. The average molecular weight is 285 g/mol. The maximum absolute atomic E-state index is 12.7. The third-order valence-corrected chi connectivity index (χ3v) is 3.68. The van der Waals surface area contributed by atoms with E-state index in [-0.39, 0.29) is 25.3 Å². The zero-order valence-corrected chi connectivity index (χ0v) is 11.4. The van der Waals surface area contributed by atoms with Crippen LogP contribution in [0.15, 0.2) is 24.3 Å². The maximum Gasteiger partial charge on any atom is 0.393 e. The molecule has 1 fully saturated rings. The molecule has 110 valence electrons. The number of carbonyl (C=O) groups excluding carboxylic acids is 1. The summed E-state index contributed by atoms with van der Waals surface area (Å²) in [7, 11) is 0. The minimum absolute atomic E-state index is 0.0655. The summed E-state index contributed by atoms with van der Waals surface area (Å²) in [5.41, 5.74) is 1.54. The van der Waals surface area contributed by atoms with Crippen molar-refractivity contribution in [3.63, 3.8) is 0 Å². The third kappa shape index (κ3) is 3.82. The number of Topliss-reactive ketones (excluding diaryl/α,β-unsaturated/α-hetero) is 1. The summed E-state index contributed by atoms with van der Waals surface area (Å²) in [5, 5.41) is 0. The molecule has 0 aliphatic carbocycles. The van der Waals surface area contributed by atoms with Crippen LogP contribution in [0.2, 0.25) is 0 Å². The molecule has 2 nitrogen and oxygen atoms in total. The summed E-state index contributed by atoms with van der Waals surface area (Å²) in [6.07, 6.45) is -3.50. The average Bonchev–Trinajstić information content (AvgIpc) is 2.38. The Kier molecular flexibility index (Phi) is 4.48. The van der Waals surface area contributed by atoms with Gasteiger partial charge in [0.1, 0.15) is 0 Å². The number of alkyl halides is 3. The molecule has 0 radical (unpaired) electrons.